The first-order valence-corrected chi connectivity index (χ1v) is 6.68. The second-order valence-electron chi connectivity index (χ2n) is 3.81. The van der Waals surface area contributed by atoms with Gasteiger partial charge in [-0.3, -0.25) is 0 Å². The van der Waals surface area contributed by atoms with Crippen molar-refractivity contribution in [1.29, 1.82) is 0 Å². The molecule has 2 nitrogen and oxygen atoms in total. The molecule has 5 heteroatoms. The van der Waals surface area contributed by atoms with Crippen molar-refractivity contribution >= 4 is 29.0 Å². The van der Waals surface area contributed by atoms with Crippen LogP contribution in [0.15, 0.2) is 12.3 Å². The summed E-state index contributed by atoms with van der Waals surface area (Å²) in [6.45, 7) is 4.73. The molecular formula is C12H17Cl2FN2. The molecule has 0 radical (unpaired) electrons. The van der Waals surface area contributed by atoms with Crippen LogP contribution < -0.4 is 4.90 Å². The number of nitrogens with zero attached hydrogens (tertiary/aromatic N) is 2. The van der Waals surface area contributed by atoms with Crippen LogP contribution in [0.2, 0.25) is 5.02 Å². The summed E-state index contributed by atoms with van der Waals surface area (Å²) in [5.74, 6) is 0.388. The topological polar surface area (TPSA) is 16.1 Å². The van der Waals surface area contributed by atoms with Crippen molar-refractivity contribution in [1.82, 2.24) is 4.98 Å². The Morgan fingerprint density at radius 2 is 2.06 bits per heavy atom. The molecule has 0 atom stereocenters. The minimum absolute atomic E-state index is 0.247. The lowest BCUT2D eigenvalue weighted by Crippen LogP contribution is -2.37. The number of hydrogen-bond donors (Lipinski definition) is 0. The second-order valence-corrected chi connectivity index (χ2v) is 4.63. The number of rotatable bonds is 6. The molecule has 17 heavy (non-hydrogen) atoms. The van der Waals surface area contributed by atoms with Gasteiger partial charge in [-0.1, -0.05) is 25.4 Å². The van der Waals surface area contributed by atoms with Crippen molar-refractivity contribution < 1.29 is 4.39 Å². The van der Waals surface area contributed by atoms with E-state index in [-0.39, 0.29) is 6.04 Å². The fraction of sp³-hybridized carbons (Fsp3) is 0.583. The van der Waals surface area contributed by atoms with E-state index in [4.69, 9.17) is 23.2 Å². The molecular weight excluding hydrogens is 262 g/mol. The average molecular weight is 279 g/mol. The molecule has 0 saturated carbocycles. The van der Waals surface area contributed by atoms with Crippen LogP contribution in [-0.2, 0) is 0 Å². The van der Waals surface area contributed by atoms with Gasteiger partial charge in [0.1, 0.15) is 0 Å². The first-order chi connectivity index (χ1) is 8.13. The lowest BCUT2D eigenvalue weighted by molar-refractivity contribution is 0.539. The molecule has 0 amide bonds. The first kappa shape index (κ1) is 14.5. The number of aromatic nitrogens is 1. The zero-order valence-corrected chi connectivity index (χ0v) is 11.6. The van der Waals surface area contributed by atoms with Crippen molar-refractivity contribution in [2.45, 2.75) is 32.7 Å². The standard InChI is InChI=1S/C12H17Cl2FN2/c1-3-10(4-2)17(6-5-13)12-11(15)7-9(14)8-16-12/h7-8,10H,3-6H2,1-2H3. The molecule has 0 aromatic carbocycles. The van der Waals surface area contributed by atoms with Crippen molar-refractivity contribution in [2.24, 2.45) is 0 Å². The summed E-state index contributed by atoms with van der Waals surface area (Å²) in [4.78, 5) is 5.99. The maximum atomic E-state index is 13.8. The van der Waals surface area contributed by atoms with Gasteiger partial charge in [0.05, 0.1) is 5.02 Å². The zero-order chi connectivity index (χ0) is 12.8. The number of anilines is 1. The van der Waals surface area contributed by atoms with E-state index in [0.717, 1.165) is 12.8 Å². The summed E-state index contributed by atoms with van der Waals surface area (Å²) in [7, 11) is 0. The average Bonchev–Trinajstić information content (AvgIpc) is 2.30. The van der Waals surface area contributed by atoms with E-state index < -0.39 is 5.82 Å². The monoisotopic (exact) mass is 278 g/mol. The Kier molecular flexibility index (Phi) is 6.00. The fourth-order valence-electron chi connectivity index (χ4n) is 1.90. The van der Waals surface area contributed by atoms with Crippen LogP contribution in [0.5, 0.6) is 0 Å². The number of hydrogen-bond acceptors (Lipinski definition) is 2. The number of halogens is 3. The first-order valence-electron chi connectivity index (χ1n) is 5.77. The lowest BCUT2D eigenvalue weighted by atomic mass is 10.1. The quantitative estimate of drug-likeness (QED) is 0.728. The predicted octanol–water partition coefficient (Wildman–Crippen LogP) is 4.11. The third-order valence-corrected chi connectivity index (χ3v) is 3.14. The van der Waals surface area contributed by atoms with Crippen molar-refractivity contribution in [3.05, 3.63) is 23.1 Å². The molecule has 0 aliphatic carbocycles. The van der Waals surface area contributed by atoms with Gasteiger partial charge in [0.2, 0.25) is 0 Å². The van der Waals surface area contributed by atoms with Gasteiger partial charge in [0.15, 0.2) is 11.6 Å². The van der Waals surface area contributed by atoms with E-state index in [1.54, 1.807) is 0 Å². The van der Waals surface area contributed by atoms with Gasteiger partial charge in [-0.05, 0) is 18.9 Å². The maximum absolute atomic E-state index is 13.8. The van der Waals surface area contributed by atoms with Crippen molar-refractivity contribution in [2.75, 3.05) is 17.3 Å². The fourth-order valence-corrected chi connectivity index (χ4v) is 2.23. The molecule has 0 bridgehead atoms. The Balaban J connectivity index is 3.03. The molecule has 0 fully saturated rings. The Morgan fingerprint density at radius 3 is 2.53 bits per heavy atom. The van der Waals surface area contributed by atoms with Gasteiger partial charge in [-0.15, -0.1) is 11.6 Å². The molecule has 1 heterocycles. The largest absolute Gasteiger partial charge is 0.350 e. The molecule has 1 aromatic heterocycles. The van der Waals surface area contributed by atoms with Crippen LogP contribution >= 0.6 is 23.2 Å². The Bertz CT molecular complexity index is 356. The van der Waals surface area contributed by atoms with Gasteiger partial charge in [0, 0.05) is 24.7 Å². The molecule has 1 rings (SSSR count). The van der Waals surface area contributed by atoms with Gasteiger partial charge >= 0.3 is 0 Å². The SMILES string of the molecule is CCC(CC)N(CCCl)c1ncc(Cl)cc1F. The van der Waals surface area contributed by atoms with E-state index in [2.05, 4.69) is 18.8 Å². The van der Waals surface area contributed by atoms with Crippen LogP contribution in [0.25, 0.3) is 0 Å². The number of alkyl halides is 1. The summed E-state index contributed by atoms with van der Waals surface area (Å²) >= 11 is 11.5. The normalized spacial score (nSPS) is 10.9. The smallest absolute Gasteiger partial charge is 0.167 e. The minimum Gasteiger partial charge on any atom is -0.350 e. The van der Waals surface area contributed by atoms with Gasteiger partial charge < -0.3 is 4.90 Å². The molecule has 1 aromatic rings. The molecule has 0 aliphatic rings. The highest BCUT2D eigenvalue weighted by atomic mass is 35.5. The van der Waals surface area contributed by atoms with Crippen molar-refractivity contribution in [3.63, 3.8) is 0 Å². The Labute approximate surface area is 112 Å². The van der Waals surface area contributed by atoms with Gasteiger partial charge in [-0.2, -0.15) is 0 Å². The van der Waals surface area contributed by atoms with Crippen molar-refractivity contribution in [3.8, 4) is 0 Å². The van der Waals surface area contributed by atoms with Crippen LogP contribution in [0.3, 0.4) is 0 Å². The number of pyridine rings is 1. The molecule has 0 saturated heterocycles. The second kappa shape index (κ2) is 7.02. The van der Waals surface area contributed by atoms with Crippen LogP contribution in [0.1, 0.15) is 26.7 Å². The molecule has 0 N–H and O–H groups in total. The molecule has 96 valence electrons. The molecule has 0 spiro atoms. The summed E-state index contributed by atoms with van der Waals surface area (Å²) in [6.07, 6.45) is 3.32. The van der Waals surface area contributed by atoms with Gasteiger partial charge in [0.25, 0.3) is 0 Å². The predicted molar refractivity (Wildman–Crippen MR) is 71.6 cm³/mol. The van der Waals surface area contributed by atoms with E-state index >= 15 is 0 Å². The third-order valence-electron chi connectivity index (χ3n) is 2.77. The molecule has 0 aliphatic heterocycles. The van der Waals surface area contributed by atoms with Crippen LogP contribution in [-0.4, -0.2) is 23.5 Å². The summed E-state index contributed by atoms with van der Waals surface area (Å²) in [5.41, 5.74) is 0. The lowest BCUT2D eigenvalue weighted by Gasteiger charge is -2.31. The third kappa shape index (κ3) is 3.71. The highest BCUT2D eigenvalue weighted by molar-refractivity contribution is 6.30. The Hall–Kier alpha value is -0.540. The Morgan fingerprint density at radius 1 is 1.41 bits per heavy atom. The van der Waals surface area contributed by atoms with E-state index in [1.807, 2.05) is 4.90 Å². The zero-order valence-electron chi connectivity index (χ0n) is 10.1. The summed E-state index contributed by atoms with van der Waals surface area (Å²) < 4.78 is 13.8. The van der Waals surface area contributed by atoms with Gasteiger partial charge in [-0.25, -0.2) is 9.37 Å². The summed E-state index contributed by atoms with van der Waals surface area (Å²) in [6, 6.07) is 1.53. The molecule has 0 unspecified atom stereocenters. The van der Waals surface area contributed by atoms with E-state index in [9.17, 15) is 4.39 Å². The van der Waals surface area contributed by atoms with E-state index in [0.29, 0.717) is 23.3 Å². The minimum atomic E-state index is -0.394. The summed E-state index contributed by atoms with van der Waals surface area (Å²) in [5, 5.41) is 0.307. The van der Waals surface area contributed by atoms with Crippen LogP contribution in [0, 0.1) is 5.82 Å². The highest BCUT2D eigenvalue weighted by Gasteiger charge is 2.19. The highest BCUT2D eigenvalue weighted by Crippen LogP contribution is 2.23. The van der Waals surface area contributed by atoms with Crippen LogP contribution in [0.4, 0.5) is 10.2 Å². The maximum Gasteiger partial charge on any atom is 0.167 e. The van der Waals surface area contributed by atoms with E-state index in [1.165, 1.54) is 12.3 Å².